The van der Waals surface area contributed by atoms with Gasteiger partial charge in [0.1, 0.15) is 17.6 Å². The second-order valence-corrected chi connectivity index (χ2v) is 5.96. The van der Waals surface area contributed by atoms with Gasteiger partial charge in [0.05, 0.1) is 0 Å². The zero-order chi connectivity index (χ0) is 13.9. The van der Waals surface area contributed by atoms with E-state index in [2.05, 4.69) is 19.1 Å². The summed E-state index contributed by atoms with van der Waals surface area (Å²) in [6.07, 6.45) is 2.59. The molecule has 102 valence electrons. The van der Waals surface area contributed by atoms with Crippen LogP contribution in [-0.2, 0) is 0 Å². The summed E-state index contributed by atoms with van der Waals surface area (Å²) in [6.45, 7) is 4.22. The summed E-state index contributed by atoms with van der Waals surface area (Å²) in [5.74, 6) is 2.06. The lowest BCUT2D eigenvalue weighted by Gasteiger charge is -2.28. The predicted octanol–water partition coefficient (Wildman–Crippen LogP) is 4.70. The summed E-state index contributed by atoms with van der Waals surface area (Å²) in [4.78, 5) is 0. The Morgan fingerprint density at radius 2 is 1.80 bits per heavy atom. The molecule has 20 heavy (non-hydrogen) atoms. The van der Waals surface area contributed by atoms with Gasteiger partial charge < -0.3 is 9.84 Å². The standard InChI is InChI=1S/C18H18O2/c1-10-14(12-3-4-12)7-8-16-15-6-5-13(19)9-17(15)11(2)20-18(10)16/h5-9,11-12,19H,3-4H2,1-2H3. The van der Waals surface area contributed by atoms with Gasteiger partial charge in [0.25, 0.3) is 0 Å². The van der Waals surface area contributed by atoms with E-state index in [4.69, 9.17) is 4.74 Å². The molecule has 2 aliphatic rings. The first-order valence-electron chi connectivity index (χ1n) is 7.28. The van der Waals surface area contributed by atoms with Gasteiger partial charge in [-0.15, -0.1) is 0 Å². The number of benzene rings is 2. The minimum Gasteiger partial charge on any atom is -0.508 e. The van der Waals surface area contributed by atoms with Crippen LogP contribution < -0.4 is 4.74 Å². The first-order valence-corrected chi connectivity index (χ1v) is 7.28. The van der Waals surface area contributed by atoms with E-state index in [1.165, 1.54) is 29.5 Å². The summed E-state index contributed by atoms with van der Waals surface area (Å²) >= 11 is 0. The molecular formula is C18H18O2. The normalized spacial score (nSPS) is 20.0. The topological polar surface area (TPSA) is 29.5 Å². The SMILES string of the molecule is Cc1c(C2CC2)ccc2c1OC(C)c1cc(O)ccc1-2. The third-order valence-electron chi connectivity index (χ3n) is 4.52. The van der Waals surface area contributed by atoms with Crippen molar-refractivity contribution in [2.75, 3.05) is 0 Å². The van der Waals surface area contributed by atoms with Gasteiger partial charge in [-0.1, -0.05) is 18.2 Å². The number of hydrogen-bond acceptors (Lipinski definition) is 2. The second-order valence-electron chi connectivity index (χ2n) is 5.96. The van der Waals surface area contributed by atoms with Gasteiger partial charge in [0.2, 0.25) is 0 Å². The van der Waals surface area contributed by atoms with Gasteiger partial charge in [0.15, 0.2) is 0 Å². The number of phenolic OH excluding ortho intramolecular Hbond substituents is 1. The van der Waals surface area contributed by atoms with Crippen LogP contribution in [0, 0.1) is 6.92 Å². The van der Waals surface area contributed by atoms with Crippen molar-refractivity contribution in [3.8, 4) is 22.6 Å². The Balaban J connectivity index is 1.94. The number of aromatic hydroxyl groups is 1. The van der Waals surface area contributed by atoms with E-state index in [-0.39, 0.29) is 6.10 Å². The zero-order valence-corrected chi connectivity index (χ0v) is 11.8. The molecule has 1 atom stereocenters. The summed E-state index contributed by atoms with van der Waals surface area (Å²) in [5.41, 5.74) is 6.13. The van der Waals surface area contributed by atoms with E-state index in [0.29, 0.717) is 5.75 Å². The third kappa shape index (κ3) is 1.64. The Labute approximate surface area is 119 Å². The van der Waals surface area contributed by atoms with Crippen LogP contribution in [0.15, 0.2) is 30.3 Å². The molecule has 4 rings (SSSR count). The van der Waals surface area contributed by atoms with Crippen molar-refractivity contribution in [3.63, 3.8) is 0 Å². The summed E-state index contributed by atoms with van der Waals surface area (Å²) in [6, 6.07) is 10.00. The smallest absolute Gasteiger partial charge is 0.131 e. The Morgan fingerprint density at radius 1 is 1.05 bits per heavy atom. The van der Waals surface area contributed by atoms with Gasteiger partial charge in [-0.05, 0) is 61.4 Å². The molecule has 2 heteroatoms. The molecule has 2 aromatic rings. The molecule has 0 saturated heterocycles. The van der Waals surface area contributed by atoms with Gasteiger partial charge in [-0.3, -0.25) is 0 Å². The van der Waals surface area contributed by atoms with Crippen LogP contribution in [0.2, 0.25) is 0 Å². The minimum absolute atomic E-state index is 0.0160. The van der Waals surface area contributed by atoms with Crippen LogP contribution in [0.5, 0.6) is 11.5 Å². The van der Waals surface area contributed by atoms with E-state index in [0.717, 1.165) is 22.8 Å². The molecule has 2 aromatic carbocycles. The maximum Gasteiger partial charge on any atom is 0.131 e. The molecule has 1 heterocycles. The average Bonchev–Trinajstić information content (AvgIpc) is 3.25. The monoisotopic (exact) mass is 266 g/mol. The lowest BCUT2D eigenvalue weighted by atomic mass is 9.89. The second kappa shape index (κ2) is 4.02. The van der Waals surface area contributed by atoms with E-state index < -0.39 is 0 Å². The fraction of sp³-hybridized carbons (Fsp3) is 0.333. The lowest BCUT2D eigenvalue weighted by molar-refractivity contribution is 0.221. The molecule has 0 bridgehead atoms. The number of hydrogen-bond donors (Lipinski definition) is 1. The number of rotatable bonds is 1. The van der Waals surface area contributed by atoms with Crippen molar-refractivity contribution in [2.24, 2.45) is 0 Å². The van der Waals surface area contributed by atoms with Crippen LogP contribution >= 0.6 is 0 Å². The maximum atomic E-state index is 9.68. The molecule has 1 unspecified atom stereocenters. The zero-order valence-electron chi connectivity index (χ0n) is 11.8. The molecule has 1 aliphatic carbocycles. The molecule has 0 aromatic heterocycles. The van der Waals surface area contributed by atoms with Gasteiger partial charge in [-0.25, -0.2) is 0 Å². The molecular weight excluding hydrogens is 248 g/mol. The summed E-state index contributed by atoms with van der Waals surface area (Å²) < 4.78 is 6.15. The fourth-order valence-corrected chi connectivity index (χ4v) is 3.28. The minimum atomic E-state index is -0.0160. The summed E-state index contributed by atoms with van der Waals surface area (Å²) in [7, 11) is 0. The molecule has 1 N–H and O–H groups in total. The predicted molar refractivity (Wildman–Crippen MR) is 79.3 cm³/mol. The first kappa shape index (κ1) is 11.8. The maximum absolute atomic E-state index is 9.68. The molecule has 1 saturated carbocycles. The van der Waals surface area contributed by atoms with Gasteiger partial charge in [-0.2, -0.15) is 0 Å². The van der Waals surface area contributed by atoms with Crippen molar-refractivity contribution in [1.29, 1.82) is 0 Å². The van der Waals surface area contributed by atoms with Crippen molar-refractivity contribution < 1.29 is 9.84 Å². The Bertz CT molecular complexity index is 699. The van der Waals surface area contributed by atoms with Crippen LogP contribution in [0.4, 0.5) is 0 Å². The van der Waals surface area contributed by atoms with Crippen LogP contribution in [0.3, 0.4) is 0 Å². The highest BCUT2D eigenvalue weighted by Gasteiger charge is 2.30. The van der Waals surface area contributed by atoms with E-state index in [9.17, 15) is 5.11 Å². The number of phenols is 1. The highest BCUT2D eigenvalue weighted by Crippen LogP contribution is 2.50. The van der Waals surface area contributed by atoms with Crippen LogP contribution in [0.25, 0.3) is 11.1 Å². The highest BCUT2D eigenvalue weighted by atomic mass is 16.5. The molecule has 1 aliphatic heterocycles. The largest absolute Gasteiger partial charge is 0.508 e. The fourth-order valence-electron chi connectivity index (χ4n) is 3.28. The molecule has 0 amide bonds. The molecule has 1 fully saturated rings. The molecule has 2 nitrogen and oxygen atoms in total. The van der Waals surface area contributed by atoms with E-state index in [1.54, 1.807) is 6.07 Å². The number of fused-ring (bicyclic) bond motifs is 3. The Morgan fingerprint density at radius 3 is 2.55 bits per heavy atom. The van der Waals surface area contributed by atoms with Crippen molar-refractivity contribution in [2.45, 2.75) is 38.7 Å². The van der Waals surface area contributed by atoms with E-state index >= 15 is 0 Å². The van der Waals surface area contributed by atoms with Crippen LogP contribution in [-0.4, -0.2) is 5.11 Å². The quantitative estimate of drug-likeness (QED) is 0.810. The van der Waals surface area contributed by atoms with Crippen molar-refractivity contribution in [1.82, 2.24) is 0 Å². The van der Waals surface area contributed by atoms with Crippen molar-refractivity contribution >= 4 is 0 Å². The van der Waals surface area contributed by atoms with Crippen molar-refractivity contribution in [3.05, 3.63) is 47.0 Å². The Kier molecular flexibility index (Phi) is 2.38. The first-order chi connectivity index (χ1) is 9.65. The molecule has 0 spiro atoms. The summed E-state index contributed by atoms with van der Waals surface area (Å²) in [5, 5.41) is 9.68. The van der Waals surface area contributed by atoms with Gasteiger partial charge in [0, 0.05) is 11.1 Å². The highest BCUT2D eigenvalue weighted by molar-refractivity contribution is 5.78. The molecule has 0 radical (unpaired) electrons. The average molecular weight is 266 g/mol. The third-order valence-corrected chi connectivity index (χ3v) is 4.52. The van der Waals surface area contributed by atoms with Crippen LogP contribution in [0.1, 0.15) is 48.5 Å². The number of ether oxygens (including phenoxy) is 1. The lowest BCUT2D eigenvalue weighted by Crippen LogP contribution is -2.12. The van der Waals surface area contributed by atoms with Gasteiger partial charge >= 0.3 is 0 Å². The Hall–Kier alpha value is -1.96. The van der Waals surface area contributed by atoms with E-state index in [1.807, 2.05) is 19.1 Å².